The number of benzene rings is 1. The number of ketones is 1. The van der Waals surface area contributed by atoms with Crippen LogP contribution in [0.1, 0.15) is 82.3 Å². The van der Waals surface area contributed by atoms with Crippen molar-refractivity contribution in [2.45, 2.75) is 82.1 Å². The Morgan fingerprint density at radius 1 is 1.23 bits per heavy atom. The summed E-state index contributed by atoms with van der Waals surface area (Å²) in [7, 11) is 0. The lowest BCUT2D eigenvalue weighted by molar-refractivity contribution is -0.141. The molecule has 5 aliphatic rings. The first-order chi connectivity index (χ1) is 16.8. The molecule has 0 saturated heterocycles. The molecule has 7 nitrogen and oxygen atoms in total. The van der Waals surface area contributed by atoms with Crippen LogP contribution in [0.2, 0.25) is 0 Å². The van der Waals surface area contributed by atoms with E-state index in [-0.39, 0.29) is 41.8 Å². The molecule has 2 aliphatic carbocycles. The summed E-state index contributed by atoms with van der Waals surface area (Å²) in [5.74, 6) is -1.97. The van der Waals surface area contributed by atoms with Crippen LogP contribution in [0.3, 0.4) is 0 Å². The van der Waals surface area contributed by atoms with Crippen molar-refractivity contribution in [2.75, 3.05) is 11.5 Å². The molecule has 0 radical (unpaired) electrons. The number of ether oxygens (including phenoxy) is 2. The summed E-state index contributed by atoms with van der Waals surface area (Å²) in [5.41, 5.74) is 5.60. The number of hydrogen-bond acceptors (Lipinski definition) is 6. The van der Waals surface area contributed by atoms with Crippen LogP contribution in [-0.4, -0.2) is 29.8 Å². The van der Waals surface area contributed by atoms with Gasteiger partial charge in [0.05, 0.1) is 17.9 Å². The molecular formula is C27H29FN2O5. The van der Waals surface area contributed by atoms with Crippen molar-refractivity contribution in [1.29, 1.82) is 0 Å². The fourth-order valence-corrected chi connectivity index (χ4v) is 7.37. The number of rotatable bonds is 2. The molecule has 3 aliphatic heterocycles. The number of esters is 1. The predicted octanol–water partition coefficient (Wildman–Crippen LogP) is 4.00. The molecule has 1 saturated carbocycles. The Bertz CT molecular complexity index is 1260. The molecule has 0 bridgehead atoms. The van der Waals surface area contributed by atoms with Gasteiger partial charge in [-0.1, -0.05) is 19.8 Å². The molecule has 2 atom stereocenters. The zero-order chi connectivity index (χ0) is 24.7. The number of halogens is 1. The highest BCUT2D eigenvalue weighted by Crippen LogP contribution is 2.63. The number of amides is 1. The molecule has 6 rings (SSSR count). The number of anilines is 1. The van der Waals surface area contributed by atoms with Gasteiger partial charge in [0.2, 0.25) is 11.8 Å². The van der Waals surface area contributed by atoms with Crippen molar-refractivity contribution >= 4 is 23.3 Å². The lowest BCUT2D eigenvalue weighted by Gasteiger charge is -2.47. The lowest BCUT2D eigenvalue weighted by atomic mass is 9.64. The Labute approximate surface area is 203 Å². The molecule has 184 valence electrons. The molecular weight excluding hydrogens is 451 g/mol. The average molecular weight is 481 g/mol. The van der Waals surface area contributed by atoms with Gasteiger partial charge in [0.25, 0.3) is 0 Å². The minimum Gasteiger partial charge on any atom is -0.462 e. The first-order valence-corrected chi connectivity index (χ1v) is 12.6. The largest absolute Gasteiger partial charge is 0.462 e. The van der Waals surface area contributed by atoms with Crippen molar-refractivity contribution in [2.24, 2.45) is 5.73 Å². The van der Waals surface area contributed by atoms with Crippen LogP contribution in [-0.2, 0) is 29.3 Å². The van der Waals surface area contributed by atoms with Crippen molar-refractivity contribution in [3.63, 3.8) is 0 Å². The third-order valence-electron chi connectivity index (χ3n) is 8.56. The molecule has 1 amide bonds. The SMILES string of the molecule is CCOC(=O)C1=C(N)OC2=C(C(=O)CCC2)[C@]12C(=O)N1c3c(cc(F)cc32)[C@H](C)CC12CCCC2. The lowest BCUT2D eigenvalue weighted by Crippen LogP contribution is -2.58. The van der Waals surface area contributed by atoms with Gasteiger partial charge >= 0.3 is 5.97 Å². The summed E-state index contributed by atoms with van der Waals surface area (Å²) in [5, 5.41) is 0. The maximum absolute atomic E-state index is 15.2. The first-order valence-electron chi connectivity index (χ1n) is 12.6. The molecule has 1 aromatic carbocycles. The van der Waals surface area contributed by atoms with E-state index in [1.807, 2.05) is 0 Å². The molecule has 8 heteroatoms. The van der Waals surface area contributed by atoms with Crippen LogP contribution in [0.4, 0.5) is 10.1 Å². The number of nitrogens with zero attached hydrogens (tertiary/aromatic N) is 1. The van der Waals surface area contributed by atoms with E-state index in [0.717, 1.165) is 31.2 Å². The van der Waals surface area contributed by atoms with Crippen LogP contribution in [0.25, 0.3) is 0 Å². The third kappa shape index (κ3) is 2.68. The fraction of sp³-hybridized carbons (Fsp3) is 0.519. The highest BCUT2D eigenvalue weighted by Gasteiger charge is 2.68. The van der Waals surface area contributed by atoms with E-state index in [2.05, 4.69) is 6.92 Å². The number of carbonyl (C=O) groups excluding carboxylic acids is 3. The molecule has 0 aromatic heterocycles. The average Bonchev–Trinajstić information content (AvgIpc) is 3.35. The Kier molecular flexibility index (Phi) is 4.73. The molecule has 35 heavy (non-hydrogen) atoms. The van der Waals surface area contributed by atoms with E-state index in [1.54, 1.807) is 11.8 Å². The van der Waals surface area contributed by atoms with E-state index < -0.39 is 28.6 Å². The molecule has 2 N–H and O–H groups in total. The second kappa shape index (κ2) is 7.42. The molecule has 1 aromatic rings. The van der Waals surface area contributed by atoms with Gasteiger partial charge in [-0.05, 0) is 56.2 Å². The maximum atomic E-state index is 15.2. The zero-order valence-corrected chi connectivity index (χ0v) is 20.0. The fourth-order valence-electron chi connectivity index (χ4n) is 7.37. The second-order valence-corrected chi connectivity index (χ2v) is 10.5. The van der Waals surface area contributed by atoms with Crippen LogP contribution < -0.4 is 10.6 Å². The standard InChI is InChI=1S/C27H29FN2O5/c1-3-34-24(32)21-23(29)35-19-8-6-7-18(31)20(19)27(21)17-12-15(28)11-16-14(2)13-26(9-4-5-10-26)30(22(16)17)25(27)33/h11-12,14H,3-10,13,29H2,1-2H3/t14-,27+/m1/s1. The van der Waals surface area contributed by atoms with Gasteiger partial charge < -0.3 is 20.1 Å². The van der Waals surface area contributed by atoms with E-state index in [4.69, 9.17) is 15.2 Å². The Morgan fingerprint density at radius 2 is 1.97 bits per heavy atom. The third-order valence-corrected chi connectivity index (χ3v) is 8.56. The smallest absolute Gasteiger partial charge is 0.341 e. The molecule has 1 fully saturated rings. The normalized spacial score (nSPS) is 28.5. The summed E-state index contributed by atoms with van der Waals surface area (Å²) in [6.45, 7) is 3.75. The van der Waals surface area contributed by atoms with E-state index >= 15 is 4.39 Å². The topological polar surface area (TPSA) is 98.9 Å². The van der Waals surface area contributed by atoms with Gasteiger partial charge in [-0.15, -0.1) is 0 Å². The van der Waals surface area contributed by atoms with Gasteiger partial charge in [0.1, 0.15) is 22.6 Å². The van der Waals surface area contributed by atoms with Gasteiger partial charge in [-0.2, -0.15) is 0 Å². The minimum absolute atomic E-state index is 0.0134. The highest BCUT2D eigenvalue weighted by atomic mass is 19.1. The number of hydrogen-bond donors (Lipinski definition) is 1. The summed E-state index contributed by atoms with van der Waals surface area (Å²) in [6.07, 6.45) is 5.48. The van der Waals surface area contributed by atoms with Gasteiger partial charge in [-0.25, -0.2) is 9.18 Å². The Hall–Kier alpha value is -3.16. The van der Waals surface area contributed by atoms with Gasteiger partial charge in [0, 0.05) is 23.9 Å². The van der Waals surface area contributed by atoms with E-state index in [9.17, 15) is 14.4 Å². The summed E-state index contributed by atoms with van der Waals surface area (Å²) in [6, 6.07) is 2.79. The highest BCUT2D eigenvalue weighted by molar-refractivity contribution is 6.24. The first kappa shape index (κ1) is 22.3. The van der Waals surface area contributed by atoms with Crippen molar-refractivity contribution < 1.29 is 28.2 Å². The van der Waals surface area contributed by atoms with Crippen LogP contribution >= 0.6 is 0 Å². The number of allylic oxidation sites excluding steroid dienone is 1. The van der Waals surface area contributed by atoms with Crippen molar-refractivity contribution in [3.8, 4) is 0 Å². The van der Waals surface area contributed by atoms with Gasteiger partial charge in [-0.3, -0.25) is 9.59 Å². The second-order valence-electron chi connectivity index (χ2n) is 10.5. The minimum atomic E-state index is -1.87. The van der Waals surface area contributed by atoms with E-state index in [1.165, 1.54) is 12.1 Å². The number of carbonyl (C=O) groups is 3. The molecule has 2 spiro atoms. The molecule has 3 heterocycles. The van der Waals surface area contributed by atoms with Crippen molar-refractivity contribution in [1.82, 2.24) is 0 Å². The van der Waals surface area contributed by atoms with Crippen molar-refractivity contribution in [3.05, 3.63) is 51.9 Å². The van der Waals surface area contributed by atoms with Crippen LogP contribution in [0.5, 0.6) is 0 Å². The Morgan fingerprint density at radius 3 is 2.69 bits per heavy atom. The Balaban J connectivity index is 1.74. The zero-order valence-electron chi connectivity index (χ0n) is 20.0. The summed E-state index contributed by atoms with van der Waals surface area (Å²) >= 11 is 0. The van der Waals surface area contributed by atoms with Crippen LogP contribution in [0.15, 0.2) is 34.9 Å². The number of nitrogens with two attached hydrogens (primary N) is 1. The summed E-state index contributed by atoms with van der Waals surface area (Å²) < 4.78 is 26.4. The number of fused-ring (bicyclic) bond motifs is 3. The van der Waals surface area contributed by atoms with E-state index in [0.29, 0.717) is 36.3 Å². The van der Waals surface area contributed by atoms with Gasteiger partial charge in [0.15, 0.2) is 5.78 Å². The summed E-state index contributed by atoms with van der Waals surface area (Å²) in [4.78, 5) is 43.6. The van der Waals surface area contributed by atoms with Crippen LogP contribution in [0, 0.1) is 5.82 Å². The molecule has 0 unspecified atom stereocenters. The predicted molar refractivity (Wildman–Crippen MR) is 125 cm³/mol. The monoisotopic (exact) mass is 480 g/mol. The number of Topliss-reactive ketones (excluding diaryl/α,β-unsaturated/α-hetero) is 1. The quantitative estimate of drug-likeness (QED) is 0.643. The maximum Gasteiger partial charge on any atom is 0.341 e.